The highest BCUT2D eigenvalue weighted by Crippen LogP contribution is 2.16. The molecule has 0 amide bonds. The lowest BCUT2D eigenvalue weighted by Crippen LogP contribution is -2.18. The van der Waals surface area contributed by atoms with Crippen molar-refractivity contribution < 1.29 is 8.60 Å². The van der Waals surface area contributed by atoms with Crippen molar-refractivity contribution in [3.63, 3.8) is 0 Å². The summed E-state index contributed by atoms with van der Waals surface area (Å²) in [5.74, 6) is -0.282. The van der Waals surface area contributed by atoms with E-state index >= 15 is 0 Å². The van der Waals surface area contributed by atoms with Gasteiger partial charge in [-0.1, -0.05) is 0 Å². The first-order chi connectivity index (χ1) is 6.77. The van der Waals surface area contributed by atoms with Crippen LogP contribution in [0.4, 0.5) is 4.39 Å². The zero-order valence-corrected chi connectivity index (χ0v) is 9.74. The van der Waals surface area contributed by atoms with Crippen LogP contribution < -0.4 is 5.32 Å². The second-order valence-electron chi connectivity index (χ2n) is 3.37. The second-order valence-corrected chi connectivity index (χ2v) is 5.10. The van der Waals surface area contributed by atoms with Crippen LogP contribution in [-0.4, -0.2) is 22.5 Å². The van der Waals surface area contributed by atoms with Crippen molar-refractivity contribution >= 4 is 23.2 Å². The SMILES string of the molecule is Cl.O=S(c1ccc(F)cc1)[C@H]1CCNC1. The van der Waals surface area contributed by atoms with Gasteiger partial charge in [0.2, 0.25) is 0 Å². The average Bonchev–Trinajstić information content (AvgIpc) is 2.71. The van der Waals surface area contributed by atoms with Crippen LogP contribution in [0.25, 0.3) is 0 Å². The third-order valence-electron chi connectivity index (χ3n) is 2.36. The quantitative estimate of drug-likeness (QED) is 0.865. The minimum absolute atomic E-state index is 0. The lowest BCUT2D eigenvalue weighted by Gasteiger charge is -2.07. The van der Waals surface area contributed by atoms with Crippen LogP contribution in [0.3, 0.4) is 0 Å². The molecule has 0 saturated carbocycles. The predicted molar refractivity (Wildman–Crippen MR) is 61.3 cm³/mol. The lowest BCUT2D eigenvalue weighted by molar-refractivity contribution is 0.626. The van der Waals surface area contributed by atoms with Crippen molar-refractivity contribution in [2.24, 2.45) is 0 Å². The molecule has 0 bridgehead atoms. The van der Waals surface area contributed by atoms with E-state index in [1.165, 1.54) is 12.1 Å². The van der Waals surface area contributed by atoms with Crippen molar-refractivity contribution in [1.82, 2.24) is 5.32 Å². The molecule has 2 atom stereocenters. The van der Waals surface area contributed by atoms with Crippen molar-refractivity contribution in [2.75, 3.05) is 13.1 Å². The summed E-state index contributed by atoms with van der Waals surface area (Å²) in [6, 6.07) is 5.92. The van der Waals surface area contributed by atoms with Gasteiger partial charge in [0, 0.05) is 11.4 Å². The first-order valence-electron chi connectivity index (χ1n) is 4.64. The number of hydrogen-bond acceptors (Lipinski definition) is 2. The summed E-state index contributed by atoms with van der Waals surface area (Å²) >= 11 is 0. The highest BCUT2D eigenvalue weighted by Gasteiger charge is 2.21. The first kappa shape index (κ1) is 12.6. The van der Waals surface area contributed by atoms with Crippen molar-refractivity contribution in [3.05, 3.63) is 30.1 Å². The van der Waals surface area contributed by atoms with Gasteiger partial charge in [-0.2, -0.15) is 0 Å². The van der Waals surface area contributed by atoms with Gasteiger partial charge in [0.1, 0.15) is 5.82 Å². The van der Waals surface area contributed by atoms with Crippen molar-refractivity contribution in [2.45, 2.75) is 16.6 Å². The number of halogens is 2. The van der Waals surface area contributed by atoms with Gasteiger partial charge in [0.25, 0.3) is 0 Å². The number of benzene rings is 1. The molecule has 2 rings (SSSR count). The predicted octanol–water partition coefficient (Wildman–Crippen LogP) is 1.72. The molecular weight excluding hydrogens is 237 g/mol. The molecule has 1 fully saturated rings. The summed E-state index contributed by atoms with van der Waals surface area (Å²) in [6.45, 7) is 1.72. The summed E-state index contributed by atoms with van der Waals surface area (Å²) < 4.78 is 24.5. The van der Waals surface area contributed by atoms with Crippen LogP contribution in [0.2, 0.25) is 0 Å². The van der Waals surface area contributed by atoms with E-state index in [-0.39, 0.29) is 23.5 Å². The first-order valence-corrected chi connectivity index (χ1v) is 5.85. The largest absolute Gasteiger partial charge is 0.315 e. The summed E-state index contributed by atoms with van der Waals surface area (Å²) in [5.41, 5.74) is 0. The fourth-order valence-electron chi connectivity index (χ4n) is 1.57. The second kappa shape index (κ2) is 5.58. The Bertz CT molecular complexity index is 338. The van der Waals surface area contributed by atoms with E-state index in [0.29, 0.717) is 0 Å². The molecule has 1 heterocycles. The van der Waals surface area contributed by atoms with Crippen LogP contribution in [0.1, 0.15) is 6.42 Å². The van der Waals surface area contributed by atoms with Crippen LogP contribution in [0.5, 0.6) is 0 Å². The molecule has 84 valence electrons. The Kier molecular flexibility index (Phi) is 4.70. The molecule has 1 unspecified atom stereocenters. The molecule has 0 aliphatic carbocycles. The number of hydrogen-bond donors (Lipinski definition) is 1. The van der Waals surface area contributed by atoms with Gasteiger partial charge in [-0.05, 0) is 37.2 Å². The molecule has 1 aliphatic heterocycles. The third kappa shape index (κ3) is 3.00. The van der Waals surface area contributed by atoms with Gasteiger partial charge in [-0.15, -0.1) is 12.4 Å². The van der Waals surface area contributed by atoms with E-state index < -0.39 is 10.8 Å². The number of nitrogens with one attached hydrogen (secondary N) is 1. The minimum Gasteiger partial charge on any atom is -0.315 e. The maximum Gasteiger partial charge on any atom is 0.123 e. The molecule has 1 aromatic rings. The normalized spacial score (nSPS) is 22.1. The van der Waals surface area contributed by atoms with Crippen LogP contribution >= 0.6 is 12.4 Å². The van der Waals surface area contributed by atoms with Crippen molar-refractivity contribution in [1.29, 1.82) is 0 Å². The smallest absolute Gasteiger partial charge is 0.123 e. The van der Waals surface area contributed by atoms with E-state index in [1.807, 2.05) is 0 Å². The summed E-state index contributed by atoms with van der Waals surface area (Å²) in [4.78, 5) is 0.722. The minimum atomic E-state index is -0.996. The Balaban J connectivity index is 0.00000112. The van der Waals surface area contributed by atoms with E-state index in [0.717, 1.165) is 24.4 Å². The molecule has 1 N–H and O–H groups in total. The van der Waals surface area contributed by atoms with Gasteiger partial charge >= 0.3 is 0 Å². The molecular formula is C10H13ClFNOS. The summed E-state index contributed by atoms with van der Waals surface area (Å²) in [7, 11) is -0.996. The maximum atomic E-state index is 12.6. The Morgan fingerprint density at radius 2 is 2.00 bits per heavy atom. The highest BCUT2D eigenvalue weighted by molar-refractivity contribution is 7.85. The van der Waals surface area contributed by atoms with Gasteiger partial charge in [0.05, 0.1) is 16.0 Å². The number of rotatable bonds is 2. The molecule has 1 aromatic carbocycles. The lowest BCUT2D eigenvalue weighted by atomic mass is 10.3. The molecule has 5 heteroatoms. The van der Waals surface area contributed by atoms with Gasteiger partial charge in [0.15, 0.2) is 0 Å². The Hall–Kier alpha value is -0.450. The van der Waals surface area contributed by atoms with Gasteiger partial charge in [-0.25, -0.2) is 4.39 Å². The fraction of sp³-hybridized carbons (Fsp3) is 0.400. The molecule has 0 radical (unpaired) electrons. The molecule has 0 spiro atoms. The van der Waals surface area contributed by atoms with Crippen LogP contribution in [0.15, 0.2) is 29.2 Å². The van der Waals surface area contributed by atoms with E-state index in [2.05, 4.69) is 5.32 Å². The topological polar surface area (TPSA) is 29.1 Å². The molecule has 0 aromatic heterocycles. The Morgan fingerprint density at radius 1 is 1.33 bits per heavy atom. The molecule has 1 aliphatic rings. The summed E-state index contributed by atoms with van der Waals surface area (Å²) in [5, 5.41) is 3.35. The fourth-order valence-corrected chi connectivity index (χ4v) is 2.96. The zero-order valence-electron chi connectivity index (χ0n) is 8.11. The Labute approximate surface area is 97.1 Å². The zero-order chi connectivity index (χ0) is 9.97. The molecule has 15 heavy (non-hydrogen) atoms. The van der Waals surface area contributed by atoms with Crippen molar-refractivity contribution in [3.8, 4) is 0 Å². The van der Waals surface area contributed by atoms with E-state index in [1.54, 1.807) is 12.1 Å². The van der Waals surface area contributed by atoms with Gasteiger partial charge in [-0.3, -0.25) is 4.21 Å². The van der Waals surface area contributed by atoms with Gasteiger partial charge < -0.3 is 5.32 Å². The van der Waals surface area contributed by atoms with Crippen LogP contribution in [-0.2, 0) is 10.8 Å². The molecule has 2 nitrogen and oxygen atoms in total. The van der Waals surface area contributed by atoms with Crippen LogP contribution in [0, 0.1) is 5.82 Å². The summed E-state index contributed by atoms with van der Waals surface area (Å²) in [6.07, 6.45) is 0.935. The Morgan fingerprint density at radius 3 is 2.53 bits per heavy atom. The van der Waals surface area contributed by atoms with E-state index in [9.17, 15) is 8.60 Å². The maximum absolute atomic E-state index is 12.6. The highest BCUT2D eigenvalue weighted by atomic mass is 35.5. The monoisotopic (exact) mass is 249 g/mol. The molecule has 1 saturated heterocycles. The standard InChI is InChI=1S/C10H12FNOS.ClH/c11-8-1-3-9(4-2-8)14(13)10-5-6-12-7-10;/h1-4,10,12H,5-7H2;1H/t10-,14?;/m0./s1. The third-order valence-corrected chi connectivity index (χ3v) is 4.11. The van der Waals surface area contributed by atoms with E-state index in [4.69, 9.17) is 0 Å². The average molecular weight is 250 g/mol.